The Morgan fingerprint density at radius 1 is 1.17 bits per heavy atom. The van der Waals surface area contributed by atoms with E-state index in [9.17, 15) is 18.0 Å². The number of carbonyl (C=O) groups is 2. The topological polar surface area (TPSA) is 102 Å². The Bertz CT molecular complexity index is 1030. The van der Waals surface area contributed by atoms with Crippen molar-refractivity contribution >= 4 is 39.2 Å². The summed E-state index contributed by atoms with van der Waals surface area (Å²) in [6, 6.07) is 10.3. The van der Waals surface area contributed by atoms with Crippen LogP contribution in [0.15, 0.2) is 47.4 Å². The molecule has 0 saturated heterocycles. The fourth-order valence-corrected chi connectivity index (χ4v) is 3.95. The van der Waals surface area contributed by atoms with Crippen LogP contribution in [-0.2, 0) is 19.6 Å². The lowest BCUT2D eigenvalue weighted by Crippen LogP contribution is -2.29. The lowest BCUT2D eigenvalue weighted by molar-refractivity contribution is -0.124. The molecule has 0 aromatic heterocycles. The molecule has 162 valence electrons. The number of hydrogen-bond acceptors (Lipinski definition) is 6. The Morgan fingerprint density at radius 2 is 1.87 bits per heavy atom. The quantitative estimate of drug-likeness (QED) is 0.584. The van der Waals surface area contributed by atoms with Crippen molar-refractivity contribution < 1.29 is 27.5 Å². The molecule has 0 aliphatic heterocycles. The number of para-hydroxylation sites is 2. The number of halogens is 1. The summed E-state index contributed by atoms with van der Waals surface area (Å²) in [5.74, 6) is -0.986. The van der Waals surface area contributed by atoms with Gasteiger partial charge in [0, 0.05) is 13.6 Å². The van der Waals surface area contributed by atoms with Crippen LogP contribution in [0, 0.1) is 0 Å². The van der Waals surface area contributed by atoms with Crippen LogP contribution in [0.3, 0.4) is 0 Å². The van der Waals surface area contributed by atoms with Crippen molar-refractivity contribution in [3.63, 3.8) is 0 Å². The lowest BCUT2D eigenvalue weighted by atomic mass is 10.2. The molecule has 0 saturated carbocycles. The van der Waals surface area contributed by atoms with E-state index in [0.29, 0.717) is 18.0 Å². The highest BCUT2D eigenvalue weighted by atomic mass is 35.5. The smallest absolute Gasteiger partial charge is 0.340 e. The lowest BCUT2D eigenvalue weighted by Gasteiger charge is -2.22. The monoisotopic (exact) mass is 454 g/mol. The molecule has 0 unspecified atom stereocenters. The van der Waals surface area contributed by atoms with Gasteiger partial charge in [0.25, 0.3) is 15.9 Å². The van der Waals surface area contributed by atoms with E-state index >= 15 is 0 Å². The first-order valence-corrected chi connectivity index (χ1v) is 10.9. The molecule has 0 heterocycles. The Labute approximate surface area is 180 Å². The van der Waals surface area contributed by atoms with E-state index in [0.717, 1.165) is 16.8 Å². The molecule has 1 amide bonds. The molecule has 0 bridgehead atoms. The first-order chi connectivity index (χ1) is 14.2. The average molecular weight is 455 g/mol. The molecule has 10 heteroatoms. The minimum absolute atomic E-state index is 0.00728. The highest BCUT2D eigenvalue weighted by molar-refractivity contribution is 7.92. The average Bonchev–Trinajstić information content (AvgIpc) is 2.75. The molecular formula is C20H23ClN2O6S. The van der Waals surface area contributed by atoms with Gasteiger partial charge in [0.05, 0.1) is 28.3 Å². The van der Waals surface area contributed by atoms with Gasteiger partial charge in [-0.2, -0.15) is 0 Å². The summed E-state index contributed by atoms with van der Waals surface area (Å²) in [6.07, 6.45) is 0.741. The number of nitrogens with one attached hydrogen (secondary N) is 1. The number of carbonyl (C=O) groups excluding carboxylic acids is 2. The maximum atomic E-state index is 13.1. The van der Waals surface area contributed by atoms with Crippen molar-refractivity contribution in [1.29, 1.82) is 0 Å². The molecule has 8 nitrogen and oxygen atoms in total. The largest absolute Gasteiger partial charge is 0.495 e. The molecule has 2 aromatic rings. The number of methoxy groups -OCH3 is 1. The predicted octanol–water partition coefficient (Wildman–Crippen LogP) is 2.86. The van der Waals surface area contributed by atoms with Crippen LogP contribution < -0.4 is 14.4 Å². The van der Waals surface area contributed by atoms with Gasteiger partial charge in [-0.3, -0.25) is 9.10 Å². The van der Waals surface area contributed by atoms with Gasteiger partial charge in [0.2, 0.25) is 0 Å². The Kier molecular flexibility index (Phi) is 8.08. The van der Waals surface area contributed by atoms with Gasteiger partial charge in [-0.25, -0.2) is 13.2 Å². The Morgan fingerprint density at radius 3 is 2.53 bits per heavy atom. The predicted molar refractivity (Wildman–Crippen MR) is 114 cm³/mol. The molecule has 0 fully saturated rings. The molecule has 1 N–H and O–H groups in total. The maximum absolute atomic E-state index is 13.1. The van der Waals surface area contributed by atoms with Gasteiger partial charge in [0.15, 0.2) is 6.61 Å². The van der Waals surface area contributed by atoms with Crippen LogP contribution in [0.2, 0.25) is 5.02 Å². The Hall–Kier alpha value is -2.78. The molecular weight excluding hydrogens is 432 g/mol. The molecule has 0 radical (unpaired) electrons. The number of amides is 1. The molecule has 30 heavy (non-hydrogen) atoms. The molecule has 0 spiro atoms. The van der Waals surface area contributed by atoms with Crippen molar-refractivity contribution in [3.8, 4) is 5.75 Å². The number of esters is 1. The third-order valence-corrected chi connectivity index (χ3v) is 6.24. The van der Waals surface area contributed by atoms with Crippen molar-refractivity contribution in [2.45, 2.75) is 18.2 Å². The van der Waals surface area contributed by atoms with Crippen LogP contribution in [0.25, 0.3) is 0 Å². The summed E-state index contributed by atoms with van der Waals surface area (Å²) in [5.41, 5.74) is 0.168. The first kappa shape index (κ1) is 23.5. The number of ether oxygens (including phenoxy) is 2. The maximum Gasteiger partial charge on any atom is 0.340 e. The van der Waals surface area contributed by atoms with Gasteiger partial charge >= 0.3 is 5.97 Å². The number of benzene rings is 2. The number of hydrogen-bond donors (Lipinski definition) is 1. The summed E-state index contributed by atoms with van der Waals surface area (Å²) in [6.45, 7) is 1.85. The molecule has 2 rings (SSSR count). The second-order valence-electron chi connectivity index (χ2n) is 6.21. The molecule has 0 aliphatic rings. The third-order valence-electron chi connectivity index (χ3n) is 4.15. The summed E-state index contributed by atoms with van der Waals surface area (Å²) in [4.78, 5) is 23.8. The standard InChI is InChI=1S/C20H23ClN2O6S/c1-4-11-22-19(24)13-29-20(25)15-12-14(9-10-16(15)21)30(26,27)23(2)17-7-5-6-8-18(17)28-3/h5-10,12H,4,11,13H2,1-3H3,(H,22,24). The van der Waals surface area contributed by atoms with Crippen LogP contribution in [-0.4, -0.2) is 47.6 Å². The first-order valence-electron chi connectivity index (χ1n) is 9.07. The minimum Gasteiger partial charge on any atom is -0.495 e. The minimum atomic E-state index is -4.03. The fourth-order valence-electron chi connectivity index (χ4n) is 2.52. The molecule has 0 atom stereocenters. The second kappa shape index (κ2) is 10.3. The van der Waals surface area contributed by atoms with Crippen LogP contribution in [0.5, 0.6) is 5.75 Å². The van der Waals surface area contributed by atoms with Crippen molar-refractivity contribution in [3.05, 3.63) is 53.1 Å². The van der Waals surface area contributed by atoms with Gasteiger partial charge in [-0.15, -0.1) is 0 Å². The molecule has 2 aromatic carbocycles. The van der Waals surface area contributed by atoms with E-state index < -0.39 is 28.5 Å². The number of nitrogens with zero attached hydrogens (tertiary/aromatic N) is 1. The van der Waals surface area contributed by atoms with Crippen LogP contribution in [0.4, 0.5) is 5.69 Å². The Balaban J connectivity index is 2.28. The van der Waals surface area contributed by atoms with Gasteiger partial charge in [-0.05, 0) is 36.8 Å². The zero-order valence-electron chi connectivity index (χ0n) is 16.8. The number of rotatable bonds is 9. The zero-order chi connectivity index (χ0) is 22.3. The highest BCUT2D eigenvalue weighted by Gasteiger charge is 2.26. The van der Waals surface area contributed by atoms with Crippen molar-refractivity contribution in [2.24, 2.45) is 0 Å². The zero-order valence-corrected chi connectivity index (χ0v) is 18.4. The SMILES string of the molecule is CCCNC(=O)COC(=O)c1cc(S(=O)(=O)N(C)c2ccccc2OC)ccc1Cl. The highest BCUT2D eigenvalue weighted by Crippen LogP contribution is 2.32. The van der Waals surface area contributed by atoms with E-state index in [1.165, 1.54) is 26.3 Å². The number of anilines is 1. The van der Waals surface area contributed by atoms with Gasteiger partial charge in [-0.1, -0.05) is 30.7 Å². The van der Waals surface area contributed by atoms with Gasteiger partial charge in [0.1, 0.15) is 5.75 Å². The van der Waals surface area contributed by atoms with Gasteiger partial charge < -0.3 is 14.8 Å². The number of sulfonamides is 1. The second-order valence-corrected chi connectivity index (χ2v) is 8.59. The van der Waals surface area contributed by atoms with E-state index in [1.54, 1.807) is 24.3 Å². The summed E-state index contributed by atoms with van der Waals surface area (Å²) < 4.78 is 37.4. The normalized spacial score (nSPS) is 10.9. The summed E-state index contributed by atoms with van der Waals surface area (Å²) >= 11 is 6.05. The fraction of sp³-hybridized carbons (Fsp3) is 0.300. The van der Waals surface area contributed by atoms with E-state index in [-0.39, 0.29) is 15.5 Å². The van der Waals surface area contributed by atoms with Crippen molar-refractivity contribution in [2.75, 3.05) is 31.6 Å². The summed E-state index contributed by atoms with van der Waals surface area (Å²) in [5, 5.41) is 2.58. The molecule has 0 aliphatic carbocycles. The third kappa shape index (κ3) is 5.43. The van der Waals surface area contributed by atoms with Crippen molar-refractivity contribution in [1.82, 2.24) is 5.32 Å². The van der Waals surface area contributed by atoms with E-state index in [4.69, 9.17) is 21.1 Å². The summed E-state index contributed by atoms with van der Waals surface area (Å²) in [7, 11) is -1.22. The van der Waals surface area contributed by atoms with Crippen LogP contribution >= 0.6 is 11.6 Å². The van der Waals surface area contributed by atoms with E-state index in [2.05, 4.69) is 5.32 Å². The van der Waals surface area contributed by atoms with Crippen LogP contribution in [0.1, 0.15) is 23.7 Å². The van der Waals surface area contributed by atoms with E-state index in [1.807, 2.05) is 6.92 Å².